The standard InChI is InChI=1S/C18H15NP.C12H17N.2ClH.V/c19-20(16-10-4-1-5-11-16,17-12-6-2-7-13-17)18-14-8-3-9-15-18;1-8(2)10-6-5-7-11(9(3)4)12(10)13;;;/h1-15H;5-9H,1-4H3;2*1H;/q-1;;;;+2/p-2. The fourth-order valence-electron chi connectivity index (χ4n) is 4.08. The van der Waals surface area contributed by atoms with Gasteiger partial charge in [-0.25, -0.2) is 0 Å². The van der Waals surface area contributed by atoms with E-state index in [9.17, 15) is 5.16 Å². The van der Waals surface area contributed by atoms with Crippen LogP contribution in [0.4, 0.5) is 5.69 Å². The average molecular weight is 573 g/mol. The summed E-state index contributed by atoms with van der Waals surface area (Å²) in [6, 6.07) is 36.2. The Hall–Kier alpha value is -1.93. The van der Waals surface area contributed by atoms with Crippen LogP contribution in [0.15, 0.2) is 113 Å². The van der Waals surface area contributed by atoms with E-state index in [-0.39, 0.29) is 0 Å². The van der Waals surface area contributed by atoms with Gasteiger partial charge in [-0.05, 0) is 15.9 Å². The summed E-state index contributed by atoms with van der Waals surface area (Å²) in [7, 11) is 9.29. The van der Waals surface area contributed by atoms with Crippen molar-refractivity contribution >= 4 is 48.4 Å². The van der Waals surface area contributed by atoms with Crippen molar-refractivity contribution in [3.63, 3.8) is 0 Å². The maximum Gasteiger partial charge on any atom is -0.0372 e. The Balaban J connectivity index is 0.000000207. The third-order valence-corrected chi connectivity index (χ3v) is 10.2. The van der Waals surface area contributed by atoms with Crippen LogP contribution in [0.2, 0.25) is 0 Å². The van der Waals surface area contributed by atoms with Crippen molar-refractivity contribution in [2.24, 2.45) is 3.79 Å². The molecule has 187 valence electrons. The molecule has 0 aliphatic heterocycles. The fraction of sp³-hybridized carbons (Fsp3) is 0.200. The number of rotatable bonds is 6. The van der Waals surface area contributed by atoms with Crippen LogP contribution in [-0.2, 0) is 13.1 Å². The van der Waals surface area contributed by atoms with E-state index < -0.39 is 20.1 Å². The molecule has 0 fully saturated rings. The molecule has 0 atom stereocenters. The van der Waals surface area contributed by atoms with E-state index in [1.165, 1.54) is 11.1 Å². The van der Waals surface area contributed by atoms with Gasteiger partial charge in [0.05, 0.1) is 0 Å². The summed E-state index contributed by atoms with van der Waals surface area (Å²) >= 11 is -2.03. The normalized spacial score (nSPS) is 11.1. The third-order valence-electron chi connectivity index (χ3n) is 5.91. The van der Waals surface area contributed by atoms with Gasteiger partial charge in [0.25, 0.3) is 0 Å². The number of nitrogens with zero attached hydrogens (tertiary/aromatic N) is 2. The summed E-state index contributed by atoms with van der Waals surface area (Å²) in [6.07, 6.45) is 0. The van der Waals surface area contributed by atoms with Crippen LogP contribution in [0.25, 0.3) is 5.16 Å². The SMILES string of the molecule is CC(C)c1cccc(C(C)C)c1[N]=[V]([Cl])[Cl].[N-]=P(c1ccccc1)(c1ccccc1)c1ccccc1. The number of hydrogen-bond acceptors (Lipinski definition) is 1. The van der Waals surface area contributed by atoms with Gasteiger partial charge in [0, 0.05) is 0 Å². The van der Waals surface area contributed by atoms with Crippen molar-refractivity contribution in [2.45, 2.75) is 39.5 Å². The molecule has 0 spiro atoms. The van der Waals surface area contributed by atoms with Gasteiger partial charge in [0.1, 0.15) is 0 Å². The molecule has 0 saturated carbocycles. The third kappa shape index (κ3) is 7.09. The Labute approximate surface area is 229 Å². The molecule has 0 radical (unpaired) electrons. The molecule has 4 rings (SSSR count). The molecule has 0 N–H and O–H groups in total. The smallest absolute Gasteiger partial charge is 0.0372 e. The van der Waals surface area contributed by atoms with Crippen molar-refractivity contribution in [1.29, 1.82) is 0 Å². The van der Waals surface area contributed by atoms with Crippen LogP contribution in [0.1, 0.15) is 50.7 Å². The fourth-order valence-corrected chi connectivity index (χ4v) is 8.01. The Morgan fingerprint density at radius 2 is 0.917 bits per heavy atom. The summed E-state index contributed by atoms with van der Waals surface area (Å²) in [5.41, 5.74) is 3.51. The molecular formula is C30H32Cl2N2PV-. The van der Waals surface area contributed by atoms with E-state index in [0.29, 0.717) is 11.8 Å². The van der Waals surface area contributed by atoms with Crippen molar-refractivity contribution in [1.82, 2.24) is 0 Å². The molecule has 2 nitrogen and oxygen atoms in total. The summed E-state index contributed by atoms with van der Waals surface area (Å²) < 4.78 is 4.48. The molecule has 0 amide bonds. The molecule has 4 aromatic carbocycles. The molecule has 0 bridgehead atoms. The summed E-state index contributed by atoms with van der Waals surface area (Å²) in [5.74, 6) is 0.888. The zero-order chi connectivity index (χ0) is 26.1. The van der Waals surface area contributed by atoms with E-state index >= 15 is 0 Å². The largest absolute Gasteiger partial charge is 0.797 e. The van der Waals surface area contributed by atoms with E-state index in [1.807, 2.05) is 91.0 Å². The molecule has 0 saturated heterocycles. The maximum atomic E-state index is 11.5. The summed E-state index contributed by atoms with van der Waals surface area (Å²) in [4.78, 5) is 0. The first kappa shape index (κ1) is 28.6. The van der Waals surface area contributed by atoms with Gasteiger partial charge in [0.15, 0.2) is 0 Å². The summed E-state index contributed by atoms with van der Waals surface area (Å²) in [6.45, 7) is 8.66. The topological polar surface area (TPSA) is 34.7 Å². The monoisotopic (exact) mass is 572 g/mol. The molecule has 36 heavy (non-hydrogen) atoms. The number of halogens is 2. The van der Waals surface area contributed by atoms with E-state index in [4.69, 9.17) is 19.7 Å². The Bertz CT molecular complexity index is 1190. The van der Waals surface area contributed by atoms with Crippen LogP contribution < -0.4 is 15.9 Å². The second-order valence-electron chi connectivity index (χ2n) is 9.05. The second kappa shape index (κ2) is 13.6. The van der Waals surface area contributed by atoms with Crippen molar-refractivity contribution < 1.29 is 13.1 Å². The van der Waals surface area contributed by atoms with Crippen LogP contribution in [0.3, 0.4) is 0 Å². The Morgan fingerprint density at radius 1 is 0.583 bits per heavy atom. The molecule has 4 aromatic rings. The van der Waals surface area contributed by atoms with Gasteiger partial charge < -0.3 is 5.16 Å². The molecule has 6 heteroatoms. The first-order valence-corrected chi connectivity index (χ1v) is 18.2. The molecule has 0 aliphatic rings. The number of hydrogen-bond donors (Lipinski definition) is 0. The minimum absolute atomic E-state index is 0.444. The van der Waals surface area contributed by atoms with Crippen molar-refractivity contribution in [3.05, 3.63) is 125 Å². The van der Waals surface area contributed by atoms with Gasteiger partial charge in [-0.1, -0.05) is 91.0 Å². The van der Waals surface area contributed by atoms with Gasteiger partial charge in [0.2, 0.25) is 0 Å². The second-order valence-corrected chi connectivity index (χ2v) is 16.2. The molecule has 0 aromatic heterocycles. The predicted molar refractivity (Wildman–Crippen MR) is 157 cm³/mol. The maximum absolute atomic E-state index is 11.5. The van der Waals surface area contributed by atoms with Gasteiger partial charge in [-0.2, -0.15) is 0 Å². The van der Waals surface area contributed by atoms with E-state index in [0.717, 1.165) is 21.6 Å². The van der Waals surface area contributed by atoms with E-state index in [2.05, 4.69) is 49.7 Å². The molecule has 0 aliphatic carbocycles. The Kier molecular flexibility index (Phi) is 10.8. The average Bonchev–Trinajstić information content (AvgIpc) is 2.89. The van der Waals surface area contributed by atoms with E-state index in [1.54, 1.807) is 0 Å². The Morgan fingerprint density at radius 3 is 1.19 bits per heavy atom. The minimum atomic E-state index is -2.53. The van der Waals surface area contributed by atoms with Crippen LogP contribution in [-0.4, -0.2) is 0 Å². The predicted octanol–water partition coefficient (Wildman–Crippen LogP) is 9.41. The quantitative estimate of drug-likeness (QED) is 0.206. The zero-order valence-corrected chi connectivity index (χ0v) is 24.9. The van der Waals surface area contributed by atoms with Gasteiger partial charge in [-0.3, -0.25) is 0 Å². The first-order chi connectivity index (χ1) is 17.2. The van der Waals surface area contributed by atoms with Crippen molar-refractivity contribution in [3.8, 4) is 0 Å². The number of benzene rings is 4. The van der Waals surface area contributed by atoms with Crippen LogP contribution in [0.5, 0.6) is 0 Å². The van der Waals surface area contributed by atoms with Crippen LogP contribution in [0, 0.1) is 0 Å². The van der Waals surface area contributed by atoms with Gasteiger partial charge >= 0.3 is 111 Å². The van der Waals surface area contributed by atoms with Crippen molar-refractivity contribution in [2.75, 3.05) is 0 Å². The first-order valence-electron chi connectivity index (χ1n) is 12.0. The minimum Gasteiger partial charge on any atom is -0.797 e. The van der Waals surface area contributed by atoms with Gasteiger partial charge in [-0.15, -0.1) is 7.05 Å². The zero-order valence-electron chi connectivity index (χ0n) is 21.1. The van der Waals surface area contributed by atoms with Crippen LogP contribution >= 0.6 is 26.8 Å². The molecule has 0 unspecified atom stereocenters. The molecule has 0 heterocycles. The summed E-state index contributed by atoms with van der Waals surface area (Å²) in [5, 5.41) is 14.5. The molecular weight excluding hydrogens is 541 g/mol.